The van der Waals surface area contributed by atoms with Crippen LogP contribution in [0.2, 0.25) is 0 Å². The van der Waals surface area contributed by atoms with Gasteiger partial charge in [-0.3, -0.25) is 14.5 Å². The van der Waals surface area contributed by atoms with Crippen LogP contribution in [0.25, 0.3) is 0 Å². The van der Waals surface area contributed by atoms with Crippen molar-refractivity contribution in [1.29, 1.82) is 0 Å². The molecule has 0 saturated heterocycles. The van der Waals surface area contributed by atoms with Gasteiger partial charge in [-0.25, -0.2) is 0 Å². The van der Waals surface area contributed by atoms with Crippen LogP contribution in [0.1, 0.15) is 12.5 Å². The number of hydrogen-bond donors (Lipinski definition) is 2. The Morgan fingerprint density at radius 1 is 0.931 bits per heavy atom. The molecule has 0 bridgehead atoms. The van der Waals surface area contributed by atoms with E-state index in [1.165, 1.54) is 14.0 Å². The molecule has 0 aliphatic heterocycles. The Bertz CT molecular complexity index is 869. The van der Waals surface area contributed by atoms with Gasteiger partial charge in [0.1, 0.15) is 17.2 Å². The number of nitrogens with zero attached hydrogens (tertiary/aromatic N) is 1. The minimum absolute atomic E-state index is 0.155. The number of carbonyl (C=O) groups is 2. The molecule has 0 saturated carbocycles. The molecule has 0 aliphatic rings. The fourth-order valence-corrected chi connectivity index (χ4v) is 2.85. The molecular formula is C21H27N3O5. The van der Waals surface area contributed by atoms with E-state index in [1.807, 2.05) is 30.1 Å². The summed E-state index contributed by atoms with van der Waals surface area (Å²) in [4.78, 5) is 25.6. The fraction of sp³-hybridized carbons (Fsp3) is 0.333. The maximum absolute atomic E-state index is 12.5. The maximum atomic E-state index is 12.5. The molecule has 2 aromatic carbocycles. The number of ether oxygens (including phenoxy) is 3. The van der Waals surface area contributed by atoms with Crippen molar-refractivity contribution in [2.75, 3.05) is 45.6 Å². The lowest BCUT2D eigenvalue weighted by atomic mass is 10.1. The van der Waals surface area contributed by atoms with Gasteiger partial charge in [-0.2, -0.15) is 0 Å². The first-order valence-electron chi connectivity index (χ1n) is 9.01. The number of rotatable bonds is 9. The lowest BCUT2D eigenvalue weighted by molar-refractivity contribution is -0.117. The average molecular weight is 401 g/mol. The topological polar surface area (TPSA) is 89.1 Å². The third-order valence-electron chi connectivity index (χ3n) is 4.14. The molecule has 2 amide bonds. The Labute approximate surface area is 170 Å². The molecule has 29 heavy (non-hydrogen) atoms. The zero-order valence-electron chi connectivity index (χ0n) is 17.4. The number of methoxy groups -OCH3 is 3. The first-order valence-corrected chi connectivity index (χ1v) is 9.01. The van der Waals surface area contributed by atoms with Gasteiger partial charge in [0.2, 0.25) is 11.8 Å². The van der Waals surface area contributed by atoms with Crippen LogP contribution in [-0.4, -0.2) is 51.6 Å². The van der Waals surface area contributed by atoms with Gasteiger partial charge in [0.25, 0.3) is 0 Å². The molecule has 8 nitrogen and oxygen atoms in total. The van der Waals surface area contributed by atoms with E-state index in [0.29, 0.717) is 35.2 Å². The predicted molar refractivity (Wildman–Crippen MR) is 112 cm³/mol. The summed E-state index contributed by atoms with van der Waals surface area (Å²) >= 11 is 0. The number of carbonyl (C=O) groups excluding carboxylic acids is 2. The highest BCUT2D eigenvalue weighted by Crippen LogP contribution is 2.28. The van der Waals surface area contributed by atoms with Crippen molar-refractivity contribution in [3.63, 3.8) is 0 Å². The molecule has 2 N–H and O–H groups in total. The van der Waals surface area contributed by atoms with E-state index in [4.69, 9.17) is 14.2 Å². The SMILES string of the molecule is COc1ccc(CN(C)CC(=O)Nc2cc(NC(C)=O)ccc2OC)c(OC)c1. The van der Waals surface area contributed by atoms with Crippen LogP contribution >= 0.6 is 0 Å². The van der Waals surface area contributed by atoms with E-state index >= 15 is 0 Å². The van der Waals surface area contributed by atoms with Crippen LogP contribution in [0.4, 0.5) is 11.4 Å². The number of amides is 2. The van der Waals surface area contributed by atoms with Crippen molar-refractivity contribution in [2.24, 2.45) is 0 Å². The average Bonchev–Trinajstić information content (AvgIpc) is 2.67. The summed E-state index contributed by atoms with van der Waals surface area (Å²) in [5.41, 5.74) is 2.00. The van der Waals surface area contributed by atoms with E-state index in [2.05, 4.69) is 10.6 Å². The number of nitrogens with one attached hydrogen (secondary N) is 2. The third-order valence-corrected chi connectivity index (χ3v) is 4.14. The highest BCUT2D eigenvalue weighted by Gasteiger charge is 2.14. The van der Waals surface area contributed by atoms with Crippen LogP contribution in [-0.2, 0) is 16.1 Å². The number of benzene rings is 2. The van der Waals surface area contributed by atoms with Crippen molar-refractivity contribution in [3.8, 4) is 17.2 Å². The number of hydrogen-bond acceptors (Lipinski definition) is 6. The molecule has 0 radical (unpaired) electrons. The summed E-state index contributed by atoms with van der Waals surface area (Å²) in [6, 6.07) is 10.6. The maximum Gasteiger partial charge on any atom is 0.238 e. The van der Waals surface area contributed by atoms with Crippen LogP contribution in [0.15, 0.2) is 36.4 Å². The summed E-state index contributed by atoms with van der Waals surface area (Å²) in [5, 5.41) is 5.52. The highest BCUT2D eigenvalue weighted by atomic mass is 16.5. The second-order valence-electron chi connectivity index (χ2n) is 6.49. The van der Waals surface area contributed by atoms with Gasteiger partial charge in [-0.05, 0) is 31.3 Å². The molecule has 0 fully saturated rings. The minimum Gasteiger partial charge on any atom is -0.497 e. The standard InChI is InChI=1S/C21H27N3O5/c1-14(25)22-16-7-9-19(28-4)18(10-16)23-21(26)13-24(2)12-15-6-8-17(27-3)11-20(15)29-5/h6-11H,12-13H2,1-5H3,(H,22,25)(H,23,26). The fourth-order valence-electron chi connectivity index (χ4n) is 2.85. The quantitative estimate of drug-likeness (QED) is 0.672. The molecule has 2 aromatic rings. The van der Waals surface area contributed by atoms with Crippen LogP contribution in [0.3, 0.4) is 0 Å². The van der Waals surface area contributed by atoms with E-state index in [9.17, 15) is 9.59 Å². The number of likely N-dealkylation sites (N-methyl/N-ethyl adjacent to an activating group) is 1. The van der Waals surface area contributed by atoms with Crippen molar-refractivity contribution < 1.29 is 23.8 Å². The van der Waals surface area contributed by atoms with E-state index in [1.54, 1.807) is 32.4 Å². The van der Waals surface area contributed by atoms with E-state index < -0.39 is 0 Å². The molecule has 0 aromatic heterocycles. The summed E-state index contributed by atoms with van der Waals surface area (Å²) < 4.78 is 15.9. The van der Waals surface area contributed by atoms with E-state index in [-0.39, 0.29) is 18.4 Å². The summed E-state index contributed by atoms with van der Waals surface area (Å²) in [6.45, 7) is 2.09. The molecule has 0 unspecified atom stereocenters. The zero-order chi connectivity index (χ0) is 21.4. The molecule has 0 aliphatic carbocycles. The minimum atomic E-state index is -0.210. The van der Waals surface area contributed by atoms with Gasteiger partial charge in [-0.1, -0.05) is 6.07 Å². The molecule has 0 heterocycles. The van der Waals surface area contributed by atoms with Gasteiger partial charge >= 0.3 is 0 Å². The van der Waals surface area contributed by atoms with Crippen molar-refractivity contribution in [1.82, 2.24) is 4.90 Å². The Hall–Kier alpha value is -3.26. The highest BCUT2D eigenvalue weighted by molar-refractivity contribution is 5.95. The molecule has 156 valence electrons. The second kappa shape index (κ2) is 10.3. The van der Waals surface area contributed by atoms with Gasteiger partial charge in [0, 0.05) is 30.8 Å². The largest absolute Gasteiger partial charge is 0.497 e. The monoisotopic (exact) mass is 401 g/mol. The van der Waals surface area contributed by atoms with Crippen LogP contribution < -0.4 is 24.8 Å². The molecule has 8 heteroatoms. The van der Waals surface area contributed by atoms with Crippen LogP contribution in [0.5, 0.6) is 17.2 Å². The Morgan fingerprint density at radius 3 is 2.28 bits per heavy atom. The normalized spacial score (nSPS) is 10.4. The van der Waals surface area contributed by atoms with Crippen LogP contribution in [0, 0.1) is 0 Å². The van der Waals surface area contributed by atoms with Gasteiger partial charge in [0.15, 0.2) is 0 Å². The summed E-state index contributed by atoms with van der Waals surface area (Å²) in [6.07, 6.45) is 0. The lowest BCUT2D eigenvalue weighted by Gasteiger charge is -2.19. The van der Waals surface area contributed by atoms with E-state index in [0.717, 1.165) is 5.56 Å². The summed E-state index contributed by atoms with van der Waals surface area (Å²) in [7, 11) is 6.55. The summed E-state index contributed by atoms with van der Waals surface area (Å²) in [5.74, 6) is 1.50. The van der Waals surface area contributed by atoms with Gasteiger partial charge in [-0.15, -0.1) is 0 Å². The Kier molecular flexibility index (Phi) is 7.85. The second-order valence-corrected chi connectivity index (χ2v) is 6.49. The first-order chi connectivity index (χ1) is 13.9. The van der Waals surface area contributed by atoms with Crippen molar-refractivity contribution >= 4 is 23.2 Å². The van der Waals surface area contributed by atoms with Gasteiger partial charge in [0.05, 0.1) is 33.6 Å². The molecule has 2 rings (SSSR count). The third kappa shape index (κ3) is 6.39. The molecule has 0 atom stereocenters. The Morgan fingerprint density at radius 2 is 1.66 bits per heavy atom. The lowest BCUT2D eigenvalue weighted by Crippen LogP contribution is -2.30. The smallest absolute Gasteiger partial charge is 0.238 e. The Balaban J connectivity index is 2.04. The molecule has 0 spiro atoms. The number of anilines is 2. The van der Waals surface area contributed by atoms with Crippen molar-refractivity contribution in [2.45, 2.75) is 13.5 Å². The molecular weight excluding hydrogens is 374 g/mol. The first kappa shape index (κ1) is 22.0. The predicted octanol–water partition coefficient (Wildman–Crippen LogP) is 2.74. The van der Waals surface area contributed by atoms with Gasteiger partial charge < -0.3 is 24.8 Å². The zero-order valence-corrected chi connectivity index (χ0v) is 17.4. The van der Waals surface area contributed by atoms with Crippen molar-refractivity contribution in [3.05, 3.63) is 42.0 Å².